The van der Waals surface area contributed by atoms with Crippen LogP contribution in [0.2, 0.25) is 0 Å². The number of ether oxygens (including phenoxy) is 1. The molecule has 0 saturated carbocycles. The van der Waals surface area contributed by atoms with Crippen LogP contribution >= 0.6 is 0 Å². The molecule has 0 aromatic heterocycles. The molecular weight excluding hydrogens is 235 g/mol. The summed E-state index contributed by atoms with van der Waals surface area (Å²) < 4.78 is 39.3. The van der Waals surface area contributed by atoms with E-state index in [1.807, 2.05) is 0 Å². The standard InChI is InChI=1S/C11H12F3NO2/c1-2-10(16)15-7-8-3-5-9(6-4-8)17-11(12,13)14/h3-6H,2,7H2,1H3,(H,15,16). The van der Waals surface area contributed by atoms with Crippen LogP contribution in [0, 0.1) is 0 Å². The van der Waals surface area contributed by atoms with E-state index >= 15 is 0 Å². The molecule has 0 heterocycles. The highest BCUT2D eigenvalue weighted by Crippen LogP contribution is 2.22. The molecular formula is C11H12F3NO2. The number of alkyl halides is 3. The summed E-state index contributed by atoms with van der Waals surface area (Å²) in [5, 5.41) is 2.61. The number of hydrogen-bond donors (Lipinski definition) is 1. The molecule has 17 heavy (non-hydrogen) atoms. The van der Waals surface area contributed by atoms with Gasteiger partial charge in [-0.25, -0.2) is 0 Å². The summed E-state index contributed by atoms with van der Waals surface area (Å²) in [5.74, 6) is -0.385. The molecule has 0 aliphatic rings. The van der Waals surface area contributed by atoms with Gasteiger partial charge >= 0.3 is 6.36 Å². The van der Waals surface area contributed by atoms with E-state index in [0.717, 1.165) is 0 Å². The molecule has 0 aliphatic carbocycles. The third-order valence-corrected chi connectivity index (χ3v) is 1.97. The molecule has 0 radical (unpaired) electrons. The van der Waals surface area contributed by atoms with Gasteiger partial charge in [-0.05, 0) is 17.7 Å². The Morgan fingerprint density at radius 3 is 2.35 bits per heavy atom. The van der Waals surface area contributed by atoms with Gasteiger partial charge in [-0.3, -0.25) is 4.79 Å². The zero-order valence-corrected chi connectivity index (χ0v) is 9.17. The largest absolute Gasteiger partial charge is 0.573 e. The maximum atomic E-state index is 11.9. The zero-order chi connectivity index (χ0) is 12.9. The van der Waals surface area contributed by atoms with E-state index in [2.05, 4.69) is 10.1 Å². The Bertz CT molecular complexity index is 373. The van der Waals surface area contributed by atoms with Crippen molar-refractivity contribution >= 4 is 5.91 Å². The first kappa shape index (κ1) is 13.3. The van der Waals surface area contributed by atoms with E-state index in [0.29, 0.717) is 18.5 Å². The normalized spacial score (nSPS) is 11.1. The predicted octanol–water partition coefficient (Wildman–Crippen LogP) is 2.61. The maximum Gasteiger partial charge on any atom is 0.573 e. The van der Waals surface area contributed by atoms with Crippen LogP contribution in [-0.4, -0.2) is 12.3 Å². The second kappa shape index (κ2) is 5.56. The summed E-state index contributed by atoms with van der Waals surface area (Å²) in [7, 11) is 0. The molecule has 0 unspecified atom stereocenters. The predicted molar refractivity (Wildman–Crippen MR) is 55.3 cm³/mol. The van der Waals surface area contributed by atoms with Gasteiger partial charge in [0.1, 0.15) is 5.75 Å². The molecule has 0 atom stereocenters. The van der Waals surface area contributed by atoms with Crippen LogP contribution in [-0.2, 0) is 11.3 Å². The van der Waals surface area contributed by atoms with Crippen molar-refractivity contribution in [3.05, 3.63) is 29.8 Å². The molecule has 6 heteroatoms. The quantitative estimate of drug-likeness (QED) is 0.888. The Morgan fingerprint density at radius 1 is 1.29 bits per heavy atom. The minimum absolute atomic E-state index is 0.111. The first-order valence-electron chi connectivity index (χ1n) is 5.02. The van der Waals surface area contributed by atoms with Crippen molar-refractivity contribution in [3.8, 4) is 5.75 Å². The van der Waals surface area contributed by atoms with E-state index in [9.17, 15) is 18.0 Å². The van der Waals surface area contributed by atoms with Crippen molar-refractivity contribution < 1.29 is 22.7 Å². The number of halogens is 3. The van der Waals surface area contributed by atoms with E-state index in [-0.39, 0.29) is 11.7 Å². The molecule has 1 aromatic carbocycles. The lowest BCUT2D eigenvalue weighted by atomic mass is 10.2. The molecule has 0 bridgehead atoms. The average molecular weight is 247 g/mol. The number of amides is 1. The van der Waals surface area contributed by atoms with E-state index in [4.69, 9.17) is 0 Å². The minimum Gasteiger partial charge on any atom is -0.406 e. The Kier molecular flexibility index (Phi) is 4.37. The van der Waals surface area contributed by atoms with Crippen LogP contribution in [0.25, 0.3) is 0 Å². The second-order valence-electron chi connectivity index (χ2n) is 3.32. The van der Waals surface area contributed by atoms with Crippen LogP contribution < -0.4 is 10.1 Å². The van der Waals surface area contributed by atoms with Crippen molar-refractivity contribution in [1.82, 2.24) is 5.32 Å². The lowest BCUT2D eigenvalue weighted by Crippen LogP contribution is -2.21. The minimum atomic E-state index is -4.68. The van der Waals surface area contributed by atoms with Crippen molar-refractivity contribution in [3.63, 3.8) is 0 Å². The van der Waals surface area contributed by atoms with Gasteiger partial charge in [0.15, 0.2) is 0 Å². The van der Waals surface area contributed by atoms with Gasteiger partial charge in [-0.15, -0.1) is 13.2 Å². The SMILES string of the molecule is CCC(=O)NCc1ccc(OC(F)(F)F)cc1. The van der Waals surface area contributed by atoms with Crippen molar-refractivity contribution in [1.29, 1.82) is 0 Å². The first-order valence-corrected chi connectivity index (χ1v) is 5.02. The number of nitrogens with one attached hydrogen (secondary N) is 1. The molecule has 0 fully saturated rings. The Hall–Kier alpha value is -1.72. The second-order valence-corrected chi connectivity index (χ2v) is 3.32. The van der Waals surface area contributed by atoms with Gasteiger partial charge in [0.25, 0.3) is 0 Å². The molecule has 0 spiro atoms. The number of hydrogen-bond acceptors (Lipinski definition) is 2. The molecule has 1 N–H and O–H groups in total. The Labute approximate surface area is 96.6 Å². The molecule has 94 valence electrons. The van der Waals surface area contributed by atoms with Gasteiger partial charge in [0.2, 0.25) is 5.91 Å². The van der Waals surface area contributed by atoms with Gasteiger partial charge in [0, 0.05) is 13.0 Å². The third-order valence-electron chi connectivity index (χ3n) is 1.97. The number of carbonyl (C=O) groups is 1. The maximum absolute atomic E-state index is 11.9. The lowest BCUT2D eigenvalue weighted by molar-refractivity contribution is -0.274. The van der Waals surface area contributed by atoms with Crippen molar-refractivity contribution in [2.45, 2.75) is 26.3 Å². The Morgan fingerprint density at radius 2 is 1.88 bits per heavy atom. The fourth-order valence-corrected chi connectivity index (χ4v) is 1.13. The van der Waals surface area contributed by atoms with Crippen LogP contribution in [0.3, 0.4) is 0 Å². The van der Waals surface area contributed by atoms with E-state index < -0.39 is 6.36 Å². The molecule has 3 nitrogen and oxygen atoms in total. The molecule has 0 aliphatic heterocycles. The molecule has 1 rings (SSSR count). The number of rotatable bonds is 4. The van der Waals surface area contributed by atoms with Gasteiger partial charge < -0.3 is 10.1 Å². The fraction of sp³-hybridized carbons (Fsp3) is 0.364. The highest BCUT2D eigenvalue weighted by molar-refractivity contribution is 5.75. The third kappa shape index (κ3) is 5.24. The summed E-state index contributed by atoms with van der Waals surface area (Å²) in [6.45, 7) is 2.01. The number of benzene rings is 1. The Balaban J connectivity index is 2.53. The number of carbonyl (C=O) groups excluding carboxylic acids is 1. The fourth-order valence-electron chi connectivity index (χ4n) is 1.13. The van der Waals surface area contributed by atoms with Gasteiger partial charge in [-0.2, -0.15) is 0 Å². The summed E-state index contributed by atoms with van der Waals surface area (Å²) in [5.41, 5.74) is 0.710. The van der Waals surface area contributed by atoms with Crippen molar-refractivity contribution in [2.24, 2.45) is 0 Å². The highest BCUT2D eigenvalue weighted by Gasteiger charge is 2.30. The van der Waals surface area contributed by atoms with Crippen LogP contribution in [0.1, 0.15) is 18.9 Å². The topological polar surface area (TPSA) is 38.3 Å². The smallest absolute Gasteiger partial charge is 0.406 e. The lowest BCUT2D eigenvalue weighted by Gasteiger charge is -2.09. The van der Waals surface area contributed by atoms with Crippen molar-refractivity contribution in [2.75, 3.05) is 0 Å². The van der Waals surface area contributed by atoms with E-state index in [1.54, 1.807) is 6.92 Å². The molecule has 0 saturated heterocycles. The summed E-state index contributed by atoms with van der Waals surface area (Å²) in [4.78, 5) is 11.0. The van der Waals surface area contributed by atoms with Crippen LogP contribution in [0.5, 0.6) is 5.75 Å². The van der Waals surface area contributed by atoms with Crippen LogP contribution in [0.15, 0.2) is 24.3 Å². The first-order chi connectivity index (χ1) is 7.90. The summed E-state index contributed by atoms with van der Waals surface area (Å²) in [6.07, 6.45) is -4.31. The average Bonchev–Trinajstić information content (AvgIpc) is 2.25. The molecule has 1 aromatic rings. The summed E-state index contributed by atoms with van der Waals surface area (Å²) >= 11 is 0. The van der Waals surface area contributed by atoms with Gasteiger partial charge in [-0.1, -0.05) is 19.1 Å². The van der Waals surface area contributed by atoms with Gasteiger partial charge in [0.05, 0.1) is 0 Å². The highest BCUT2D eigenvalue weighted by atomic mass is 19.4. The van der Waals surface area contributed by atoms with Crippen LogP contribution in [0.4, 0.5) is 13.2 Å². The van der Waals surface area contributed by atoms with E-state index in [1.165, 1.54) is 24.3 Å². The summed E-state index contributed by atoms with van der Waals surface area (Å²) in [6, 6.07) is 5.36. The zero-order valence-electron chi connectivity index (χ0n) is 9.17. The molecule has 1 amide bonds. The monoisotopic (exact) mass is 247 g/mol.